The number of hydrogen-bond acceptors (Lipinski definition) is 0. The lowest BCUT2D eigenvalue weighted by atomic mass is 10.0. The summed E-state index contributed by atoms with van der Waals surface area (Å²) in [5.74, 6) is 0.942. The van der Waals surface area contributed by atoms with Gasteiger partial charge >= 0.3 is 0 Å². The smallest absolute Gasteiger partial charge is 0.0651 e. The molecule has 0 rings (SSSR count). The molecule has 1 unspecified atom stereocenters. The first kappa shape index (κ1) is 9.87. The van der Waals surface area contributed by atoms with Gasteiger partial charge in [0.1, 0.15) is 0 Å². The molecule has 0 saturated carbocycles. The second kappa shape index (κ2) is 6.98. The monoisotopic (exact) mass is 141 g/mol. The summed E-state index contributed by atoms with van der Waals surface area (Å²) in [4.78, 5) is 0. The van der Waals surface area contributed by atoms with Crippen LogP contribution >= 0.6 is 0 Å². The maximum Gasteiger partial charge on any atom is 0.0872 e. The molecule has 0 heterocycles. The fourth-order valence-corrected chi connectivity index (χ4v) is 1.05. The van der Waals surface area contributed by atoms with Crippen LogP contribution in [0, 0.1) is 12.3 Å². The summed E-state index contributed by atoms with van der Waals surface area (Å²) in [6.45, 7) is 6.76. The van der Waals surface area contributed by atoms with Crippen molar-refractivity contribution >= 4 is 0 Å². The first-order valence-corrected chi connectivity index (χ1v) is 4.59. The Morgan fingerprint density at radius 3 is 2.50 bits per heavy atom. The van der Waals surface area contributed by atoms with Crippen LogP contribution in [-0.2, 0) is 0 Å². The highest BCUT2D eigenvalue weighted by Gasteiger charge is 1.98. The van der Waals surface area contributed by atoms with E-state index in [2.05, 4.69) is 27.2 Å². The van der Waals surface area contributed by atoms with Crippen molar-refractivity contribution in [2.75, 3.05) is 0 Å². The maximum absolute atomic E-state index is 2.34. The molecule has 0 aromatic rings. The van der Waals surface area contributed by atoms with Gasteiger partial charge in [-0.2, -0.15) is 0 Å². The summed E-state index contributed by atoms with van der Waals surface area (Å²) in [6, 6.07) is 0. The van der Waals surface area contributed by atoms with Crippen molar-refractivity contribution in [2.45, 2.75) is 52.9 Å². The van der Waals surface area contributed by atoms with Gasteiger partial charge in [-0.25, -0.2) is 0 Å². The Hall–Kier alpha value is -0.130. The van der Waals surface area contributed by atoms with Crippen LogP contribution in [0.3, 0.4) is 0 Å². The van der Waals surface area contributed by atoms with Crippen molar-refractivity contribution in [2.24, 2.45) is 5.92 Å². The normalized spacial score (nSPS) is 13.1. The van der Waals surface area contributed by atoms with Gasteiger partial charge in [0.25, 0.3) is 0 Å². The van der Waals surface area contributed by atoms with E-state index in [-0.39, 0.29) is 0 Å². The molecule has 0 bridgehead atoms. The van der Waals surface area contributed by atoms with Crippen LogP contribution in [0.2, 0.25) is 0 Å². The van der Waals surface area contributed by atoms with Crippen LogP contribution in [0.4, 0.5) is 0 Å². The second-order valence-electron chi connectivity index (χ2n) is 3.21. The number of hydrogen-bond donors (Lipinski definition) is 0. The van der Waals surface area contributed by atoms with Gasteiger partial charge in [-0.3, -0.25) is 0 Å². The first-order chi connectivity index (χ1) is 4.81. The molecule has 0 aromatic heterocycles. The van der Waals surface area contributed by atoms with Crippen LogP contribution in [0.15, 0.2) is 0 Å². The van der Waals surface area contributed by atoms with Crippen molar-refractivity contribution < 1.29 is 0 Å². The van der Waals surface area contributed by atoms with Crippen LogP contribution < -0.4 is 0 Å². The molecule has 60 valence electrons. The highest BCUT2D eigenvalue weighted by atomic mass is 14.0. The fraction of sp³-hybridized carbons (Fsp3) is 0.900. The van der Waals surface area contributed by atoms with Gasteiger partial charge in [0.05, 0.1) is 19.8 Å². The minimum Gasteiger partial charge on any atom is -0.0651 e. The van der Waals surface area contributed by atoms with E-state index in [0.29, 0.717) is 0 Å². The standard InChI is InChI=1S/C10H21/c1-4-6-7-8-9-10(3)5-2/h4,10H,5-9H2,1-3H3/q+1. The number of unbranched alkanes of at least 4 members (excludes halogenated alkanes) is 3. The molecule has 0 aliphatic carbocycles. The Morgan fingerprint density at radius 1 is 1.30 bits per heavy atom. The largest absolute Gasteiger partial charge is 0.0872 e. The van der Waals surface area contributed by atoms with Crippen LogP contribution in [0.5, 0.6) is 0 Å². The predicted molar refractivity (Wildman–Crippen MR) is 47.9 cm³/mol. The van der Waals surface area contributed by atoms with Crippen molar-refractivity contribution in [3.05, 3.63) is 6.42 Å². The van der Waals surface area contributed by atoms with Gasteiger partial charge in [0.15, 0.2) is 0 Å². The van der Waals surface area contributed by atoms with Gasteiger partial charge < -0.3 is 0 Å². The molecule has 0 radical (unpaired) electrons. The Kier molecular flexibility index (Phi) is 6.89. The molecule has 0 saturated heterocycles. The molecule has 0 aromatic carbocycles. The van der Waals surface area contributed by atoms with Crippen molar-refractivity contribution in [1.82, 2.24) is 0 Å². The van der Waals surface area contributed by atoms with E-state index < -0.39 is 0 Å². The van der Waals surface area contributed by atoms with Gasteiger partial charge in [-0.1, -0.05) is 26.7 Å². The molecule has 0 aliphatic heterocycles. The van der Waals surface area contributed by atoms with E-state index in [0.717, 1.165) is 5.92 Å². The third kappa shape index (κ3) is 6.00. The fourth-order valence-electron chi connectivity index (χ4n) is 1.05. The van der Waals surface area contributed by atoms with E-state index >= 15 is 0 Å². The lowest BCUT2D eigenvalue weighted by Crippen LogP contribution is -1.91. The van der Waals surface area contributed by atoms with Crippen molar-refractivity contribution in [1.29, 1.82) is 0 Å². The maximum atomic E-state index is 2.34. The molecule has 0 amide bonds. The molecule has 1 atom stereocenters. The van der Waals surface area contributed by atoms with Crippen LogP contribution in [0.1, 0.15) is 52.9 Å². The van der Waals surface area contributed by atoms with Gasteiger partial charge in [-0.15, -0.1) is 0 Å². The van der Waals surface area contributed by atoms with E-state index in [4.69, 9.17) is 0 Å². The summed E-state index contributed by atoms with van der Waals surface area (Å²) in [5, 5.41) is 0. The molecule has 10 heavy (non-hydrogen) atoms. The molecular weight excluding hydrogens is 120 g/mol. The van der Waals surface area contributed by atoms with E-state index in [1.165, 1.54) is 32.1 Å². The lowest BCUT2D eigenvalue weighted by molar-refractivity contribution is 0.484. The summed E-state index contributed by atoms with van der Waals surface area (Å²) < 4.78 is 0. The zero-order valence-corrected chi connectivity index (χ0v) is 7.69. The van der Waals surface area contributed by atoms with Crippen LogP contribution in [-0.4, -0.2) is 0 Å². The van der Waals surface area contributed by atoms with E-state index in [9.17, 15) is 0 Å². The van der Waals surface area contributed by atoms with Crippen molar-refractivity contribution in [3.8, 4) is 0 Å². The van der Waals surface area contributed by atoms with Crippen molar-refractivity contribution in [3.63, 3.8) is 0 Å². The summed E-state index contributed by atoms with van der Waals surface area (Å²) in [7, 11) is 0. The third-order valence-corrected chi connectivity index (χ3v) is 2.14. The molecular formula is C10H21+. The molecule has 0 heteroatoms. The average molecular weight is 141 g/mol. The van der Waals surface area contributed by atoms with E-state index in [1.54, 1.807) is 0 Å². The summed E-state index contributed by atoms with van der Waals surface area (Å²) in [5.41, 5.74) is 0. The molecule has 0 nitrogen and oxygen atoms in total. The topological polar surface area (TPSA) is 0 Å². The minimum absolute atomic E-state index is 0.942. The van der Waals surface area contributed by atoms with Gasteiger partial charge in [0.2, 0.25) is 0 Å². The SMILES string of the molecule is C[CH+]CCCCC(C)CC. The van der Waals surface area contributed by atoms with E-state index in [1.807, 2.05) is 0 Å². The molecule has 0 fully saturated rings. The predicted octanol–water partition coefficient (Wildman–Crippen LogP) is 3.82. The quantitative estimate of drug-likeness (QED) is 0.389. The molecule has 0 spiro atoms. The second-order valence-corrected chi connectivity index (χ2v) is 3.21. The lowest BCUT2D eigenvalue weighted by Gasteiger charge is -2.05. The Bertz CT molecular complexity index is 57.1. The highest BCUT2D eigenvalue weighted by molar-refractivity contribution is 4.57. The number of rotatable bonds is 6. The highest BCUT2D eigenvalue weighted by Crippen LogP contribution is 2.12. The third-order valence-electron chi connectivity index (χ3n) is 2.14. The zero-order valence-electron chi connectivity index (χ0n) is 7.69. The van der Waals surface area contributed by atoms with Gasteiger partial charge in [-0.05, 0) is 18.8 Å². The Labute approximate surface area is 66.0 Å². The molecule has 0 aliphatic rings. The average Bonchev–Trinajstić information content (AvgIpc) is 1.98. The zero-order chi connectivity index (χ0) is 7.82. The minimum atomic E-state index is 0.942. The first-order valence-electron chi connectivity index (χ1n) is 4.59. The van der Waals surface area contributed by atoms with Gasteiger partial charge in [0, 0.05) is 0 Å². The Balaban J connectivity index is 2.89. The summed E-state index contributed by atoms with van der Waals surface area (Å²) in [6.07, 6.45) is 9.13. The van der Waals surface area contributed by atoms with Crippen LogP contribution in [0.25, 0.3) is 0 Å². The Morgan fingerprint density at radius 2 is 2.00 bits per heavy atom. The molecule has 0 N–H and O–H groups in total. The summed E-state index contributed by atoms with van der Waals surface area (Å²) >= 11 is 0.